The summed E-state index contributed by atoms with van der Waals surface area (Å²) in [7, 11) is -1.47. The predicted molar refractivity (Wildman–Crippen MR) is 69.0 cm³/mol. The van der Waals surface area contributed by atoms with Crippen molar-refractivity contribution in [3.05, 3.63) is 53.8 Å². The van der Waals surface area contributed by atoms with Gasteiger partial charge in [-0.05, 0) is 35.9 Å². The fourth-order valence-corrected chi connectivity index (χ4v) is 2.67. The van der Waals surface area contributed by atoms with Gasteiger partial charge in [-0.25, -0.2) is 4.39 Å². The minimum Gasteiger partial charge on any atom is -0.508 e. The Labute approximate surface area is 107 Å². The van der Waals surface area contributed by atoms with Crippen LogP contribution < -0.4 is 5.73 Å². The van der Waals surface area contributed by atoms with Gasteiger partial charge in [-0.1, -0.05) is 12.1 Å². The van der Waals surface area contributed by atoms with E-state index in [1.807, 2.05) is 0 Å². The summed E-state index contributed by atoms with van der Waals surface area (Å²) in [4.78, 5) is 0.136. The summed E-state index contributed by atoms with van der Waals surface area (Å²) in [6, 6.07) is 10.4. The molecule has 0 aliphatic rings. The summed E-state index contributed by atoms with van der Waals surface area (Å²) in [5.41, 5.74) is 6.50. The molecule has 1 atom stereocenters. The molecule has 0 radical (unpaired) electrons. The molecule has 1 unspecified atom stereocenters. The molecule has 2 rings (SSSR count). The van der Waals surface area contributed by atoms with Crippen LogP contribution in [0.4, 0.5) is 10.1 Å². The SMILES string of the molecule is Nc1ccc(S(=O)Cc2ccc(O)cc2)c(F)c1. The summed E-state index contributed by atoms with van der Waals surface area (Å²) in [6.07, 6.45) is 0. The third kappa shape index (κ3) is 2.87. The number of benzene rings is 2. The van der Waals surface area contributed by atoms with Gasteiger partial charge >= 0.3 is 0 Å². The maximum atomic E-state index is 13.6. The van der Waals surface area contributed by atoms with Gasteiger partial charge in [0.05, 0.1) is 21.4 Å². The molecular weight excluding hydrogens is 253 g/mol. The van der Waals surface area contributed by atoms with E-state index in [4.69, 9.17) is 10.8 Å². The smallest absolute Gasteiger partial charge is 0.141 e. The Balaban J connectivity index is 2.19. The van der Waals surface area contributed by atoms with Crippen LogP contribution in [-0.4, -0.2) is 9.32 Å². The lowest BCUT2D eigenvalue weighted by atomic mass is 10.2. The summed E-state index contributed by atoms with van der Waals surface area (Å²) in [6.45, 7) is 0. The minimum atomic E-state index is -1.47. The Bertz CT molecular complexity index is 584. The zero-order chi connectivity index (χ0) is 13.1. The number of phenols is 1. The van der Waals surface area contributed by atoms with Crippen LogP contribution in [0.25, 0.3) is 0 Å². The Hall–Kier alpha value is -1.88. The first-order valence-electron chi connectivity index (χ1n) is 5.27. The van der Waals surface area contributed by atoms with Crippen molar-refractivity contribution in [1.29, 1.82) is 0 Å². The number of hydrogen-bond donors (Lipinski definition) is 2. The standard InChI is InChI=1S/C13H12FNO2S/c14-12-7-10(15)3-6-13(12)18(17)8-9-1-4-11(16)5-2-9/h1-7,16H,8,15H2. The molecule has 94 valence electrons. The number of anilines is 1. The number of aromatic hydroxyl groups is 1. The summed E-state index contributed by atoms with van der Waals surface area (Å²) < 4.78 is 25.6. The van der Waals surface area contributed by atoms with Crippen LogP contribution in [0.1, 0.15) is 5.56 Å². The lowest BCUT2D eigenvalue weighted by molar-refractivity contribution is 0.475. The lowest BCUT2D eigenvalue weighted by Crippen LogP contribution is -2.00. The normalized spacial score (nSPS) is 12.3. The molecule has 2 aromatic carbocycles. The van der Waals surface area contributed by atoms with Crippen molar-refractivity contribution in [2.45, 2.75) is 10.6 Å². The monoisotopic (exact) mass is 265 g/mol. The molecule has 0 aliphatic heterocycles. The Morgan fingerprint density at radius 3 is 2.44 bits per heavy atom. The van der Waals surface area contributed by atoms with Crippen molar-refractivity contribution >= 4 is 16.5 Å². The number of halogens is 1. The Morgan fingerprint density at radius 1 is 1.17 bits per heavy atom. The third-order valence-corrected chi connectivity index (χ3v) is 3.85. The van der Waals surface area contributed by atoms with Crippen LogP contribution in [-0.2, 0) is 16.6 Å². The molecule has 2 aromatic rings. The molecule has 0 aliphatic carbocycles. The van der Waals surface area contributed by atoms with Crippen LogP contribution >= 0.6 is 0 Å². The second-order valence-corrected chi connectivity index (χ2v) is 5.27. The maximum absolute atomic E-state index is 13.6. The van der Waals surface area contributed by atoms with Crippen molar-refractivity contribution in [3.8, 4) is 5.75 Å². The molecule has 0 spiro atoms. The van der Waals surface area contributed by atoms with Crippen molar-refractivity contribution in [2.24, 2.45) is 0 Å². The molecule has 0 saturated heterocycles. The van der Waals surface area contributed by atoms with Gasteiger partial charge in [-0.15, -0.1) is 0 Å². The first-order valence-corrected chi connectivity index (χ1v) is 6.59. The molecule has 3 N–H and O–H groups in total. The largest absolute Gasteiger partial charge is 0.508 e. The average Bonchev–Trinajstić information content (AvgIpc) is 2.32. The van der Waals surface area contributed by atoms with Crippen LogP contribution in [0.5, 0.6) is 5.75 Å². The van der Waals surface area contributed by atoms with E-state index in [1.165, 1.54) is 24.3 Å². The molecule has 18 heavy (non-hydrogen) atoms. The van der Waals surface area contributed by atoms with E-state index in [1.54, 1.807) is 12.1 Å². The first-order chi connectivity index (χ1) is 8.56. The summed E-state index contributed by atoms with van der Waals surface area (Å²) >= 11 is 0. The second-order valence-electron chi connectivity index (χ2n) is 3.85. The fraction of sp³-hybridized carbons (Fsp3) is 0.0769. The Kier molecular flexibility index (Phi) is 3.62. The van der Waals surface area contributed by atoms with Gasteiger partial charge in [-0.2, -0.15) is 0 Å². The Morgan fingerprint density at radius 2 is 1.83 bits per heavy atom. The number of rotatable bonds is 3. The van der Waals surface area contributed by atoms with Gasteiger partial charge in [0.1, 0.15) is 11.6 Å². The average molecular weight is 265 g/mol. The third-order valence-electron chi connectivity index (χ3n) is 2.44. The highest BCUT2D eigenvalue weighted by Crippen LogP contribution is 2.19. The predicted octanol–water partition coefficient (Wildman–Crippen LogP) is 2.42. The van der Waals surface area contributed by atoms with Crippen molar-refractivity contribution in [1.82, 2.24) is 0 Å². The first kappa shape index (κ1) is 12.6. The van der Waals surface area contributed by atoms with Gasteiger partial charge in [0, 0.05) is 5.69 Å². The molecular formula is C13H12FNO2S. The molecule has 0 bridgehead atoms. The number of hydrogen-bond acceptors (Lipinski definition) is 3. The van der Waals surface area contributed by atoms with Crippen molar-refractivity contribution < 1.29 is 13.7 Å². The van der Waals surface area contributed by atoms with E-state index in [2.05, 4.69) is 0 Å². The highest BCUT2D eigenvalue weighted by atomic mass is 32.2. The van der Waals surface area contributed by atoms with E-state index in [9.17, 15) is 8.60 Å². The second kappa shape index (κ2) is 5.18. The van der Waals surface area contributed by atoms with Gasteiger partial charge < -0.3 is 10.8 Å². The fourth-order valence-electron chi connectivity index (χ4n) is 1.52. The zero-order valence-corrected chi connectivity index (χ0v) is 10.3. The molecule has 0 saturated carbocycles. The molecule has 5 heteroatoms. The van der Waals surface area contributed by atoms with Gasteiger partial charge in [-0.3, -0.25) is 4.21 Å². The number of nitrogen functional groups attached to an aromatic ring is 1. The van der Waals surface area contributed by atoms with Gasteiger partial charge in [0.25, 0.3) is 0 Å². The quantitative estimate of drug-likeness (QED) is 0.838. The van der Waals surface area contributed by atoms with E-state index in [-0.39, 0.29) is 16.4 Å². The number of nitrogens with two attached hydrogens (primary N) is 1. The topological polar surface area (TPSA) is 63.3 Å². The van der Waals surface area contributed by atoms with E-state index in [0.29, 0.717) is 5.69 Å². The van der Waals surface area contributed by atoms with Gasteiger partial charge in [0.2, 0.25) is 0 Å². The summed E-state index contributed by atoms with van der Waals surface area (Å²) in [5, 5.41) is 9.13. The van der Waals surface area contributed by atoms with Crippen LogP contribution in [0.2, 0.25) is 0 Å². The molecule has 0 fully saturated rings. The number of phenolic OH excluding ortho intramolecular Hbond substituents is 1. The molecule has 0 aromatic heterocycles. The zero-order valence-electron chi connectivity index (χ0n) is 9.47. The van der Waals surface area contributed by atoms with E-state index < -0.39 is 16.6 Å². The lowest BCUT2D eigenvalue weighted by Gasteiger charge is -2.05. The van der Waals surface area contributed by atoms with Crippen LogP contribution in [0, 0.1) is 5.82 Å². The van der Waals surface area contributed by atoms with Gasteiger partial charge in [0.15, 0.2) is 0 Å². The molecule has 0 heterocycles. The van der Waals surface area contributed by atoms with Crippen molar-refractivity contribution in [2.75, 3.05) is 5.73 Å². The van der Waals surface area contributed by atoms with Crippen LogP contribution in [0.15, 0.2) is 47.4 Å². The summed E-state index contributed by atoms with van der Waals surface area (Å²) in [5.74, 6) is -0.225. The molecule has 0 amide bonds. The minimum absolute atomic E-state index is 0.136. The molecule has 3 nitrogen and oxygen atoms in total. The van der Waals surface area contributed by atoms with E-state index in [0.717, 1.165) is 11.6 Å². The van der Waals surface area contributed by atoms with Crippen molar-refractivity contribution in [3.63, 3.8) is 0 Å². The highest BCUT2D eigenvalue weighted by molar-refractivity contribution is 7.84. The maximum Gasteiger partial charge on any atom is 0.141 e. The van der Waals surface area contributed by atoms with E-state index >= 15 is 0 Å². The van der Waals surface area contributed by atoms with Crippen LogP contribution in [0.3, 0.4) is 0 Å². The highest BCUT2D eigenvalue weighted by Gasteiger charge is 2.11.